The number of nitrogens with zero attached hydrogens (tertiary/aromatic N) is 4. The number of halogens is 1. The Morgan fingerprint density at radius 3 is 2.81 bits per heavy atom. The molecule has 0 saturated heterocycles. The van der Waals surface area contributed by atoms with Crippen molar-refractivity contribution in [2.45, 2.75) is 0 Å². The summed E-state index contributed by atoms with van der Waals surface area (Å²) in [6.45, 7) is 0. The highest BCUT2D eigenvalue weighted by Gasteiger charge is 2.20. The number of pyridine rings is 1. The summed E-state index contributed by atoms with van der Waals surface area (Å²) in [5, 5.41) is 4.79. The number of hydrogen-bond donors (Lipinski definition) is 1. The van der Waals surface area contributed by atoms with Crippen LogP contribution in [0.4, 0.5) is 4.39 Å². The summed E-state index contributed by atoms with van der Waals surface area (Å²) in [5.41, 5.74) is 1.13. The molecular formula is C14H8FN5O. The molecule has 2 aliphatic heterocycles. The van der Waals surface area contributed by atoms with Gasteiger partial charge in [0.15, 0.2) is 0 Å². The van der Waals surface area contributed by atoms with Crippen LogP contribution in [0.5, 0.6) is 0 Å². The number of rotatable bonds is 1. The monoisotopic (exact) mass is 281 g/mol. The Labute approximate surface area is 117 Å². The summed E-state index contributed by atoms with van der Waals surface area (Å²) < 4.78 is 14.6. The van der Waals surface area contributed by atoms with Crippen molar-refractivity contribution in [2.75, 3.05) is 0 Å². The van der Waals surface area contributed by atoms with E-state index in [9.17, 15) is 9.18 Å². The van der Waals surface area contributed by atoms with E-state index in [1.165, 1.54) is 24.5 Å². The average molecular weight is 281 g/mol. The SMILES string of the molecule is O=c1c2c[nH]c3ccc(F)cc3c-2nn1-c1ncccn1. The van der Waals surface area contributed by atoms with Crippen LogP contribution in [0.2, 0.25) is 0 Å². The molecule has 0 fully saturated rings. The average Bonchev–Trinajstić information content (AvgIpc) is 2.86. The number of benzene rings is 1. The van der Waals surface area contributed by atoms with Gasteiger partial charge < -0.3 is 4.98 Å². The zero-order valence-corrected chi connectivity index (χ0v) is 10.6. The molecule has 0 spiro atoms. The first-order valence-corrected chi connectivity index (χ1v) is 6.21. The summed E-state index contributed by atoms with van der Waals surface area (Å²) in [7, 11) is 0. The van der Waals surface area contributed by atoms with Crippen molar-refractivity contribution in [1.82, 2.24) is 24.7 Å². The van der Waals surface area contributed by atoms with Crippen LogP contribution in [0.1, 0.15) is 0 Å². The minimum absolute atomic E-state index is 0.184. The van der Waals surface area contributed by atoms with E-state index < -0.39 is 0 Å². The largest absolute Gasteiger partial charge is 0.360 e. The summed E-state index contributed by atoms with van der Waals surface area (Å²) >= 11 is 0. The van der Waals surface area contributed by atoms with Crippen molar-refractivity contribution in [2.24, 2.45) is 0 Å². The van der Waals surface area contributed by atoms with Crippen LogP contribution in [-0.4, -0.2) is 24.7 Å². The fraction of sp³-hybridized carbons (Fsp3) is 0. The fourth-order valence-electron chi connectivity index (χ4n) is 2.27. The molecule has 0 bridgehead atoms. The van der Waals surface area contributed by atoms with Gasteiger partial charge in [-0.2, -0.15) is 9.78 Å². The third-order valence-corrected chi connectivity index (χ3v) is 3.23. The topological polar surface area (TPSA) is 76.5 Å². The van der Waals surface area contributed by atoms with Gasteiger partial charge in [0.25, 0.3) is 11.5 Å². The third kappa shape index (κ3) is 1.71. The van der Waals surface area contributed by atoms with Gasteiger partial charge in [-0.3, -0.25) is 4.79 Å². The van der Waals surface area contributed by atoms with Crippen LogP contribution in [0, 0.1) is 5.82 Å². The second-order valence-electron chi connectivity index (χ2n) is 4.51. The number of aromatic amines is 1. The molecule has 21 heavy (non-hydrogen) atoms. The van der Waals surface area contributed by atoms with Gasteiger partial charge in [-0.1, -0.05) is 0 Å². The molecule has 0 saturated carbocycles. The zero-order valence-electron chi connectivity index (χ0n) is 10.6. The maximum Gasteiger partial charge on any atom is 0.285 e. The Kier molecular flexibility index (Phi) is 2.34. The minimum atomic E-state index is -0.388. The molecule has 2 aliphatic rings. The molecular weight excluding hydrogens is 273 g/mol. The van der Waals surface area contributed by atoms with Crippen LogP contribution in [0.25, 0.3) is 28.1 Å². The Morgan fingerprint density at radius 1 is 1.19 bits per heavy atom. The van der Waals surface area contributed by atoms with Gasteiger partial charge in [-0.05, 0) is 24.3 Å². The Balaban J connectivity index is 2.10. The number of H-pyrrole nitrogens is 1. The first-order chi connectivity index (χ1) is 10.2. The molecule has 0 amide bonds. The summed E-state index contributed by atoms with van der Waals surface area (Å²) in [5.74, 6) is -0.204. The Bertz CT molecular complexity index is 976. The van der Waals surface area contributed by atoms with Crippen LogP contribution in [0.3, 0.4) is 0 Å². The molecule has 2 aromatic rings. The van der Waals surface area contributed by atoms with Gasteiger partial charge in [-0.25, -0.2) is 14.4 Å². The van der Waals surface area contributed by atoms with Gasteiger partial charge in [0, 0.05) is 29.5 Å². The minimum Gasteiger partial charge on any atom is -0.360 e. The molecule has 1 aromatic carbocycles. The molecule has 102 valence electrons. The first-order valence-electron chi connectivity index (χ1n) is 6.21. The van der Waals surface area contributed by atoms with E-state index in [2.05, 4.69) is 20.1 Å². The molecule has 0 aliphatic carbocycles. The molecule has 3 heterocycles. The van der Waals surface area contributed by atoms with E-state index in [-0.39, 0.29) is 17.3 Å². The van der Waals surface area contributed by atoms with Crippen LogP contribution < -0.4 is 5.56 Å². The first kappa shape index (κ1) is 11.7. The molecule has 0 atom stereocenters. The van der Waals surface area contributed by atoms with Gasteiger partial charge in [0.1, 0.15) is 11.5 Å². The molecule has 6 nitrogen and oxygen atoms in total. The van der Waals surface area contributed by atoms with Crippen molar-refractivity contribution in [1.29, 1.82) is 0 Å². The van der Waals surface area contributed by atoms with Gasteiger partial charge in [-0.15, -0.1) is 0 Å². The molecule has 7 heteroatoms. The number of hydrogen-bond acceptors (Lipinski definition) is 4. The predicted octanol–water partition coefficient (Wildman–Crippen LogP) is 1.75. The summed E-state index contributed by atoms with van der Waals surface area (Å²) in [4.78, 5) is 23.3. The zero-order chi connectivity index (χ0) is 14.4. The maximum atomic E-state index is 13.4. The third-order valence-electron chi connectivity index (χ3n) is 3.23. The molecule has 1 aromatic heterocycles. The van der Waals surface area contributed by atoms with Crippen LogP contribution in [0.15, 0.2) is 47.7 Å². The van der Waals surface area contributed by atoms with E-state index >= 15 is 0 Å². The van der Waals surface area contributed by atoms with E-state index in [4.69, 9.17) is 0 Å². The predicted molar refractivity (Wildman–Crippen MR) is 73.9 cm³/mol. The van der Waals surface area contributed by atoms with E-state index in [1.807, 2.05) is 0 Å². The molecule has 4 rings (SSSR count). The summed E-state index contributed by atoms with van der Waals surface area (Å²) in [6, 6.07) is 5.94. The fourth-order valence-corrected chi connectivity index (χ4v) is 2.27. The maximum absolute atomic E-state index is 13.4. The van der Waals surface area contributed by atoms with E-state index in [0.717, 1.165) is 4.68 Å². The lowest BCUT2D eigenvalue weighted by molar-refractivity contribution is 0.629. The van der Waals surface area contributed by atoms with Crippen molar-refractivity contribution in [3.05, 3.63) is 59.0 Å². The van der Waals surface area contributed by atoms with Crippen molar-refractivity contribution in [3.63, 3.8) is 0 Å². The lowest BCUT2D eigenvalue weighted by Gasteiger charge is -2.02. The Morgan fingerprint density at radius 2 is 2.00 bits per heavy atom. The van der Waals surface area contributed by atoms with Gasteiger partial charge >= 0.3 is 0 Å². The van der Waals surface area contributed by atoms with Crippen LogP contribution in [-0.2, 0) is 0 Å². The molecule has 0 radical (unpaired) electrons. The highest BCUT2D eigenvalue weighted by Crippen LogP contribution is 2.26. The van der Waals surface area contributed by atoms with Crippen LogP contribution >= 0.6 is 0 Å². The van der Waals surface area contributed by atoms with Gasteiger partial charge in [0.05, 0.1) is 5.56 Å². The lowest BCUT2D eigenvalue weighted by atomic mass is 10.1. The quantitative estimate of drug-likeness (QED) is 0.576. The highest BCUT2D eigenvalue weighted by molar-refractivity contribution is 5.93. The highest BCUT2D eigenvalue weighted by atomic mass is 19.1. The molecule has 0 unspecified atom stereocenters. The van der Waals surface area contributed by atoms with Gasteiger partial charge in [0.2, 0.25) is 0 Å². The second kappa shape index (κ2) is 4.20. The number of aromatic nitrogens is 5. The number of nitrogens with one attached hydrogen (secondary N) is 1. The van der Waals surface area contributed by atoms with Crippen molar-refractivity contribution < 1.29 is 4.39 Å². The van der Waals surface area contributed by atoms with E-state index in [0.29, 0.717) is 22.2 Å². The molecule has 1 N–H and O–H groups in total. The second-order valence-corrected chi connectivity index (χ2v) is 4.51. The van der Waals surface area contributed by atoms with Crippen molar-refractivity contribution >= 4 is 10.9 Å². The Hall–Kier alpha value is -3.09. The smallest absolute Gasteiger partial charge is 0.285 e. The van der Waals surface area contributed by atoms with E-state index in [1.54, 1.807) is 18.3 Å². The summed E-state index contributed by atoms with van der Waals surface area (Å²) in [6.07, 6.45) is 4.61. The lowest BCUT2D eigenvalue weighted by Crippen LogP contribution is -2.16. The standard InChI is InChI=1S/C14H8FN5O/c15-8-2-3-11-9(6-8)12-10(7-18-11)13(21)20(19-12)14-16-4-1-5-17-14/h1-7,18H. The normalized spacial score (nSPS) is 11.3. The van der Waals surface area contributed by atoms with Crippen molar-refractivity contribution in [3.8, 4) is 17.2 Å². The number of fused-ring (bicyclic) bond motifs is 3.